The van der Waals surface area contributed by atoms with Crippen molar-refractivity contribution in [1.29, 1.82) is 0 Å². The van der Waals surface area contributed by atoms with Gasteiger partial charge in [-0.2, -0.15) is 0 Å². The van der Waals surface area contributed by atoms with E-state index in [9.17, 15) is 9.59 Å². The zero-order valence-electron chi connectivity index (χ0n) is 15.9. The standard InChI is InChI=1S/C17H27N3O5S/c1-6-23-15(21)13-14(12(5)10-18-13)20(8-9-25-11(3)4)16(26)19-17(22)24-7-2/h10-11,18H,6-9H2,1-5H3,(H,19,22,26). The second-order valence-electron chi connectivity index (χ2n) is 5.64. The molecule has 1 aromatic heterocycles. The van der Waals surface area contributed by atoms with Crippen molar-refractivity contribution >= 4 is 35.1 Å². The number of ether oxygens (including phenoxy) is 3. The van der Waals surface area contributed by atoms with Crippen LogP contribution in [0, 0.1) is 6.92 Å². The lowest BCUT2D eigenvalue weighted by Gasteiger charge is -2.26. The summed E-state index contributed by atoms with van der Waals surface area (Å²) in [6.45, 7) is 10.3. The molecule has 9 heteroatoms. The third-order valence-electron chi connectivity index (χ3n) is 3.29. The molecule has 8 nitrogen and oxygen atoms in total. The number of carbonyl (C=O) groups excluding carboxylic acids is 2. The smallest absolute Gasteiger partial charge is 0.413 e. The normalized spacial score (nSPS) is 10.5. The molecule has 0 saturated heterocycles. The maximum Gasteiger partial charge on any atom is 0.413 e. The first-order valence-electron chi connectivity index (χ1n) is 8.53. The van der Waals surface area contributed by atoms with Crippen LogP contribution in [-0.4, -0.2) is 54.6 Å². The summed E-state index contributed by atoms with van der Waals surface area (Å²) in [5, 5.41) is 2.62. The van der Waals surface area contributed by atoms with E-state index < -0.39 is 12.1 Å². The molecule has 1 rings (SSSR count). The Morgan fingerprint density at radius 3 is 2.50 bits per heavy atom. The molecule has 0 bridgehead atoms. The Balaban J connectivity index is 3.11. The number of rotatable bonds is 8. The highest BCUT2D eigenvalue weighted by molar-refractivity contribution is 7.80. The van der Waals surface area contributed by atoms with Gasteiger partial charge < -0.3 is 24.1 Å². The van der Waals surface area contributed by atoms with Crippen molar-refractivity contribution in [3.63, 3.8) is 0 Å². The second kappa shape index (κ2) is 10.8. The topological polar surface area (TPSA) is 92.9 Å². The van der Waals surface area contributed by atoms with Gasteiger partial charge in [-0.25, -0.2) is 9.59 Å². The molecule has 1 heterocycles. The largest absolute Gasteiger partial charge is 0.461 e. The molecular weight excluding hydrogens is 358 g/mol. The molecule has 0 radical (unpaired) electrons. The zero-order valence-corrected chi connectivity index (χ0v) is 16.7. The maximum absolute atomic E-state index is 12.2. The van der Waals surface area contributed by atoms with Gasteiger partial charge in [0.2, 0.25) is 0 Å². The van der Waals surface area contributed by atoms with Crippen molar-refractivity contribution in [3.05, 3.63) is 17.5 Å². The number of H-pyrrole nitrogens is 1. The van der Waals surface area contributed by atoms with Crippen LogP contribution < -0.4 is 10.2 Å². The van der Waals surface area contributed by atoms with E-state index in [1.54, 1.807) is 24.9 Å². The third kappa shape index (κ3) is 6.30. The summed E-state index contributed by atoms with van der Waals surface area (Å²) in [7, 11) is 0. The number of nitrogens with zero attached hydrogens (tertiary/aromatic N) is 1. The molecule has 1 amide bonds. The first kappa shape index (κ1) is 21.9. The molecule has 0 spiro atoms. The van der Waals surface area contributed by atoms with E-state index in [4.69, 9.17) is 26.4 Å². The van der Waals surface area contributed by atoms with Crippen LogP contribution in [0.25, 0.3) is 0 Å². The van der Waals surface area contributed by atoms with Crippen molar-refractivity contribution in [2.75, 3.05) is 31.3 Å². The molecule has 2 N–H and O–H groups in total. The number of thiocarbonyl (C=S) groups is 1. The molecule has 0 aliphatic carbocycles. The highest BCUT2D eigenvalue weighted by Gasteiger charge is 2.25. The van der Waals surface area contributed by atoms with E-state index in [0.717, 1.165) is 5.56 Å². The Hall–Kier alpha value is -2.13. The fourth-order valence-electron chi connectivity index (χ4n) is 2.24. The van der Waals surface area contributed by atoms with Gasteiger partial charge in [-0.1, -0.05) is 0 Å². The van der Waals surface area contributed by atoms with Crippen LogP contribution in [0.3, 0.4) is 0 Å². The molecular formula is C17H27N3O5S. The number of esters is 1. The van der Waals surface area contributed by atoms with E-state index in [0.29, 0.717) is 18.8 Å². The number of amides is 1. The average Bonchev–Trinajstić information content (AvgIpc) is 2.93. The molecule has 0 aliphatic heterocycles. The van der Waals surface area contributed by atoms with Gasteiger partial charge in [-0.15, -0.1) is 0 Å². The quantitative estimate of drug-likeness (QED) is 0.525. The fourth-order valence-corrected chi connectivity index (χ4v) is 2.50. The minimum atomic E-state index is -0.654. The predicted octanol–water partition coefficient (Wildman–Crippen LogP) is 2.76. The van der Waals surface area contributed by atoms with E-state index in [1.807, 2.05) is 20.8 Å². The number of aryl methyl sites for hydroxylation is 1. The van der Waals surface area contributed by atoms with Crippen LogP contribution in [0.4, 0.5) is 10.5 Å². The summed E-state index contributed by atoms with van der Waals surface area (Å²) >= 11 is 5.36. The molecule has 0 aliphatic rings. The Morgan fingerprint density at radius 1 is 1.27 bits per heavy atom. The fraction of sp³-hybridized carbons (Fsp3) is 0.588. The van der Waals surface area contributed by atoms with E-state index >= 15 is 0 Å². The summed E-state index contributed by atoms with van der Waals surface area (Å²) < 4.78 is 15.6. The van der Waals surface area contributed by atoms with Crippen LogP contribution in [0.5, 0.6) is 0 Å². The summed E-state index contributed by atoms with van der Waals surface area (Å²) in [5.41, 5.74) is 1.59. The summed E-state index contributed by atoms with van der Waals surface area (Å²) in [5.74, 6) is -0.496. The van der Waals surface area contributed by atoms with Crippen molar-refractivity contribution in [2.24, 2.45) is 0 Å². The van der Waals surface area contributed by atoms with Crippen LogP contribution in [0.15, 0.2) is 6.20 Å². The van der Waals surface area contributed by atoms with Crippen LogP contribution in [0.1, 0.15) is 43.7 Å². The van der Waals surface area contributed by atoms with Crippen LogP contribution in [0.2, 0.25) is 0 Å². The molecule has 0 aromatic carbocycles. The monoisotopic (exact) mass is 385 g/mol. The van der Waals surface area contributed by atoms with Gasteiger partial charge in [0.05, 0.1) is 31.6 Å². The maximum atomic E-state index is 12.2. The number of aromatic amines is 1. The Labute approximate surface area is 159 Å². The van der Waals surface area contributed by atoms with Crippen molar-refractivity contribution in [3.8, 4) is 0 Å². The van der Waals surface area contributed by atoms with Gasteiger partial charge in [0, 0.05) is 12.7 Å². The summed E-state index contributed by atoms with van der Waals surface area (Å²) in [4.78, 5) is 28.5. The number of anilines is 1. The van der Waals surface area contributed by atoms with Crippen LogP contribution in [-0.2, 0) is 14.2 Å². The summed E-state index contributed by atoms with van der Waals surface area (Å²) in [6.07, 6.45) is 1.07. The molecule has 26 heavy (non-hydrogen) atoms. The Bertz CT molecular complexity index is 630. The molecule has 1 aromatic rings. The van der Waals surface area contributed by atoms with Crippen LogP contribution >= 0.6 is 12.2 Å². The molecule has 0 unspecified atom stereocenters. The third-order valence-corrected chi connectivity index (χ3v) is 3.61. The van der Waals surface area contributed by atoms with E-state index in [-0.39, 0.29) is 30.1 Å². The van der Waals surface area contributed by atoms with Gasteiger partial charge in [-0.05, 0) is 52.4 Å². The van der Waals surface area contributed by atoms with E-state index in [2.05, 4.69) is 10.3 Å². The number of alkyl carbamates (subject to hydrolysis) is 1. The van der Waals surface area contributed by atoms with Gasteiger partial charge in [0.1, 0.15) is 5.69 Å². The minimum Gasteiger partial charge on any atom is -0.461 e. The summed E-state index contributed by atoms with van der Waals surface area (Å²) in [6, 6.07) is 0. The number of hydrogen-bond donors (Lipinski definition) is 2. The molecule has 0 fully saturated rings. The Kier molecular flexibility index (Phi) is 9.08. The lowest BCUT2D eigenvalue weighted by molar-refractivity contribution is 0.0520. The number of hydrogen-bond acceptors (Lipinski definition) is 6. The lowest BCUT2D eigenvalue weighted by Crippen LogP contribution is -2.45. The Morgan fingerprint density at radius 2 is 1.92 bits per heavy atom. The van der Waals surface area contributed by atoms with Crippen molar-refractivity contribution in [2.45, 2.75) is 40.7 Å². The highest BCUT2D eigenvalue weighted by Crippen LogP contribution is 2.26. The van der Waals surface area contributed by atoms with Gasteiger partial charge in [0.25, 0.3) is 0 Å². The zero-order chi connectivity index (χ0) is 19.7. The van der Waals surface area contributed by atoms with Gasteiger partial charge >= 0.3 is 12.1 Å². The van der Waals surface area contributed by atoms with Crippen molar-refractivity contribution in [1.82, 2.24) is 10.3 Å². The van der Waals surface area contributed by atoms with E-state index in [1.165, 1.54) is 0 Å². The number of nitrogens with one attached hydrogen (secondary N) is 2. The number of carbonyl (C=O) groups is 2. The van der Waals surface area contributed by atoms with Gasteiger partial charge in [-0.3, -0.25) is 5.32 Å². The average molecular weight is 385 g/mol. The number of aromatic nitrogens is 1. The second-order valence-corrected chi connectivity index (χ2v) is 6.02. The molecule has 0 atom stereocenters. The lowest BCUT2D eigenvalue weighted by atomic mass is 10.2. The first-order chi connectivity index (χ1) is 12.3. The molecule has 146 valence electrons. The first-order valence-corrected chi connectivity index (χ1v) is 8.94. The molecule has 0 saturated carbocycles. The predicted molar refractivity (Wildman–Crippen MR) is 103 cm³/mol. The minimum absolute atomic E-state index is 0.0419. The van der Waals surface area contributed by atoms with Crippen molar-refractivity contribution < 1.29 is 23.8 Å². The van der Waals surface area contributed by atoms with Gasteiger partial charge in [0.15, 0.2) is 5.11 Å². The SMILES string of the molecule is CCOC(=O)NC(=S)N(CCOC(C)C)c1c(C)c[nH]c1C(=O)OCC. The highest BCUT2D eigenvalue weighted by atomic mass is 32.1.